The van der Waals surface area contributed by atoms with Crippen molar-refractivity contribution in [2.45, 2.75) is 19.6 Å². The van der Waals surface area contributed by atoms with Crippen molar-refractivity contribution < 1.29 is 9.47 Å². The number of ether oxygens (including phenoxy) is 2. The van der Waals surface area contributed by atoms with Gasteiger partial charge < -0.3 is 24.7 Å². The number of aryl methyl sites for hydroxylation is 1. The first-order valence-corrected chi connectivity index (χ1v) is 7.96. The first kappa shape index (κ1) is 17.7. The summed E-state index contributed by atoms with van der Waals surface area (Å²) < 4.78 is 13.1. The summed E-state index contributed by atoms with van der Waals surface area (Å²) in [6, 6.07) is 9.68. The Kier molecular flexibility index (Phi) is 6.54. The van der Waals surface area contributed by atoms with Crippen LogP contribution in [-0.4, -0.2) is 37.3 Å². The molecule has 2 aromatic rings. The summed E-state index contributed by atoms with van der Waals surface area (Å²) in [6.07, 6.45) is 4.10. The minimum absolute atomic E-state index is 0.00705. The highest BCUT2D eigenvalue weighted by Crippen LogP contribution is 2.19. The lowest BCUT2D eigenvalue weighted by atomic mass is 10.3. The van der Waals surface area contributed by atoms with Crippen molar-refractivity contribution in [1.29, 1.82) is 0 Å². The number of aliphatic imine (C=N–C) groups is 1. The molecule has 1 unspecified atom stereocenters. The van der Waals surface area contributed by atoms with Gasteiger partial charge in [-0.3, -0.25) is 4.99 Å². The minimum Gasteiger partial charge on any atom is -0.497 e. The molecule has 1 atom stereocenters. The van der Waals surface area contributed by atoms with Gasteiger partial charge in [0, 0.05) is 39.1 Å². The molecule has 1 aromatic heterocycles. The second kappa shape index (κ2) is 8.86. The maximum absolute atomic E-state index is 5.89. The van der Waals surface area contributed by atoms with Crippen LogP contribution in [0.15, 0.2) is 47.7 Å². The molecule has 0 aliphatic carbocycles. The smallest absolute Gasteiger partial charge is 0.191 e. The van der Waals surface area contributed by atoms with E-state index in [1.54, 1.807) is 14.2 Å². The molecule has 24 heavy (non-hydrogen) atoms. The molecule has 0 fully saturated rings. The Hall–Kier alpha value is -2.63. The number of nitrogens with one attached hydrogen (secondary N) is 2. The van der Waals surface area contributed by atoms with Crippen molar-refractivity contribution >= 4 is 5.96 Å². The van der Waals surface area contributed by atoms with Gasteiger partial charge in [0.2, 0.25) is 0 Å². The van der Waals surface area contributed by atoms with Crippen molar-refractivity contribution in [2.24, 2.45) is 12.0 Å². The normalized spacial score (nSPS) is 12.6. The maximum Gasteiger partial charge on any atom is 0.191 e. The Morgan fingerprint density at radius 2 is 2.04 bits per heavy atom. The van der Waals surface area contributed by atoms with E-state index in [-0.39, 0.29) is 6.10 Å². The highest BCUT2D eigenvalue weighted by molar-refractivity contribution is 5.79. The van der Waals surface area contributed by atoms with Gasteiger partial charge >= 0.3 is 0 Å². The van der Waals surface area contributed by atoms with Gasteiger partial charge in [0.15, 0.2) is 5.96 Å². The Morgan fingerprint density at radius 3 is 2.71 bits per heavy atom. The van der Waals surface area contributed by atoms with E-state index in [1.165, 1.54) is 5.56 Å². The summed E-state index contributed by atoms with van der Waals surface area (Å²) in [5, 5.41) is 6.56. The van der Waals surface area contributed by atoms with Crippen LogP contribution in [0.4, 0.5) is 0 Å². The number of hydrogen-bond acceptors (Lipinski definition) is 3. The zero-order valence-electron chi connectivity index (χ0n) is 14.7. The van der Waals surface area contributed by atoms with Crippen molar-refractivity contribution in [3.8, 4) is 11.5 Å². The second-order valence-electron chi connectivity index (χ2n) is 5.60. The SMILES string of the molecule is CN=C(NCc1ccn(C)c1)NCC(C)Oc1cccc(OC)c1. The van der Waals surface area contributed by atoms with Crippen LogP contribution >= 0.6 is 0 Å². The van der Waals surface area contributed by atoms with E-state index in [9.17, 15) is 0 Å². The summed E-state index contributed by atoms with van der Waals surface area (Å²) in [5.74, 6) is 2.32. The van der Waals surface area contributed by atoms with Crippen molar-refractivity contribution in [1.82, 2.24) is 15.2 Å². The monoisotopic (exact) mass is 330 g/mol. The third kappa shape index (κ3) is 5.53. The van der Waals surface area contributed by atoms with Crippen LogP contribution in [0.3, 0.4) is 0 Å². The molecule has 0 spiro atoms. The third-order valence-electron chi connectivity index (χ3n) is 3.51. The Morgan fingerprint density at radius 1 is 1.25 bits per heavy atom. The van der Waals surface area contributed by atoms with Gasteiger partial charge in [-0.15, -0.1) is 0 Å². The molecule has 1 aromatic carbocycles. The predicted octanol–water partition coefficient (Wildman–Crippen LogP) is 2.17. The molecular weight excluding hydrogens is 304 g/mol. The molecule has 6 heteroatoms. The highest BCUT2D eigenvalue weighted by atomic mass is 16.5. The predicted molar refractivity (Wildman–Crippen MR) is 96.7 cm³/mol. The largest absolute Gasteiger partial charge is 0.497 e. The van der Waals surface area contributed by atoms with Gasteiger partial charge in [0.05, 0.1) is 13.7 Å². The zero-order chi connectivity index (χ0) is 17.4. The van der Waals surface area contributed by atoms with E-state index < -0.39 is 0 Å². The lowest BCUT2D eigenvalue weighted by molar-refractivity contribution is 0.223. The summed E-state index contributed by atoms with van der Waals surface area (Å²) in [7, 11) is 5.41. The maximum atomic E-state index is 5.89. The van der Waals surface area contributed by atoms with Gasteiger partial charge in [-0.25, -0.2) is 0 Å². The van der Waals surface area contributed by atoms with Crippen LogP contribution in [0.25, 0.3) is 0 Å². The van der Waals surface area contributed by atoms with Crippen molar-refractivity contribution in [3.05, 3.63) is 48.3 Å². The number of methoxy groups -OCH3 is 1. The molecule has 0 saturated heterocycles. The molecule has 0 amide bonds. The Bertz CT molecular complexity index is 667. The van der Waals surface area contributed by atoms with Crippen LogP contribution in [0.2, 0.25) is 0 Å². The fourth-order valence-electron chi connectivity index (χ4n) is 2.26. The molecule has 2 N–H and O–H groups in total. The topological polar surface area (TPSA) is 59.8 Å². The molecule has 1 heterocycles. The zero-order valence-corrected chi connectivity index (χ0v) is 14.7. The first-order chi connectivity index (χ1) is 11.6. The molecule has 0 radical (unpaired) electrons. The molecule has 0 aliphatic rings. The average molecular weight is 330 g/mol. The number of guanidine groups is 1. The van der Waals surface area contributed by atoms with Gasteiger partial charge in [0.1, 0.15) is 17.6 Å². The van der Waals surface area contributed by atoms with Crippen LogP contribution < -0.4 is 20.1 Å². The van der Waals surface area contributed by atoms with Gasteiger partial charge in [0.25, 0.3) is 0 Å². The van der Waals surface area contributed by atoms with E-state index in [1.807, 2.05) is 49.0 Å². The number of aromatic nitrogens is 1. The molecule has 6 nitrogen and oxygen atoms in total. The number of benzene rings is 1. The molecule has 130 valence electrons. The summed E-state index contributed by atoms with van der Waals surface area (Å²) in [5.41, 5.74) is 1.21. The number of rotatable bonds is 7. The second-order valence-corrected chi connectivity index (χ2v) is 5.60. The summed E-state index contributed by atoms with van der Waals surface area (Å²) >= 11 is 0. The first-order valence-electron chi connectivity index (χ1n) is 7.96. The third-order valence-corrected chi connectivity index (χ3v) is 3.51. The standard InChI is InChI=1S/C18H26N4O2/c1-14(24-17-7-5-6-16(10-17)23-4)11-20-18(19-2)21-12-15-8-9-22(3)13-15/h5-10,13-14H,11-12H2,1-4H3,(H2,19,20,21). The minimum atomic E-state index is -0.00705. The number of hydrogen-bond donors (Lipinski definition) is 2. The lowest BCUT2D eigenvalue weighted by Gasteiger charge is -2.18. The Balaban J connectivity index is 1.77. The fraction of sp³-hybridized carbons (Fsp3) is 0.389. The molecule has 0 aliphatic heterocycles. The van der Waals surface area contributed by atoms with Gasteiger partial charge in [-0.1, -0.05) is 6.07 Å². The van der Waals surface area contributed by atoms with Crippen LogP contribution in [0.1, 0.15) is 12.5 Å². The quantitative estimate of drug-likeness (QED) is 0.603. The summed E-state index contributed by atoms with van der Waals surface area (Å²) in [6.45, 7) is 3.38. The Labute approximate surface area is 143 Å². The van der Waals surface area contributed by atoms with Crippen molar-refractivity contribution in [2.75, 3.05) is 20.7 Å². The molecule has 2 rings (SSSR count). The molecule has 0 bridgehead atoms. The van der Waals surface area contributed by atoms with Gasteiger partial charge in [-0.05, 0) is 30.7 Å². The number of nitrogens with zero attached hydrogens (tertiary/aromatic N) is 2. The fourth-order valence-corrected chi connectivity index (χ4v) is 2.26. The van der Waals surface area contributed by atoms with Crippen molar-refractivity contribution in [3.63, 3.8) is 0 Å². The summed E-state index contributed by atoms with van der Waals surface area (Å²) in [4.78, 5) is 4.23. The van der Waals surface area contributed by atoms with Crippen LogP contribution in [0, 0.1) is 0 Å². The highest BCUT2D eigenvalue weighted by Gasteiger charge is 2.07. The van der Waals surface area contributed by atoms with Crippen LogP contribution in [0.5, 0.6) is 11.5 Å². The molecular formula is C18H26N4O2. The van der Waals surface area contributed by atoms with E-state index in [4.69, 9.17) is 9.47 Å². The van der Waals surface area contributed by atoms with E-state index >= 15 is 0 Å². The van der Waals surface area contributed by atoms with Gasteiger partial charge in [-0.2, -0.15) is 0 Å². The average Bonchev–Trinajstić information content (AvgIpc) is 3.00. The van der Waals surface area contributed by atoms with E-state index in [0.717, 1.165) is 24.0 Å². The van der Waals surface area contributed by atoms with E-state index in [0.29, 0.717) is 6.54 Å². The lowest BCUT2D eigenvalue weighted by Crippen LogP contribution is -2.41. The molecule has 0 saturated carbocycles. The van der Waals surface area contributed by atoms with E-state index in [2.05, 4.69) is 27.9 Å². The van der Waals surface area contributed by atoms with Crippen LogP contribution in [-0.2, 0) is 13.6 Å².